The molecule has 4 rings (SSSR count). The molecule has 1 aliphatic heterocycles. The molecule has 8 nitrogen and oxygen atoms in total. The van der Waals surface area contributed by atoms with Crippen LogP contribution in [-0.4, -0.2) is 53.9 Å². The van der Waals surface area contributed by atoms with Crippen molar-refractivity contribution in [3.05, 3.63) is 40.9 Å². The number of carbonyl (C=O) groups is 1. The molecule has 1 aromatic carbocycles. The summed E-state index contributed by atoms with van der Waals surface area (Å²) in [5, 5.41) is 7.10. The second-order valence-corrected chi connectivity index (χ2v) is 7.46. The Labute approximate surface area is 153 Å². The number of carbonyl (C=O) groups excluding carboxylic acids is 1. The minimum absolute atomic E-state index is 0.0685. The number of thioether (sulfide) groups is 1. The lowest BCUT2D eigenvalue weighted by Crippen LogP contribution is -2.34. The van der Waals surface area contributed by atoms with E-state index in [9.17, 15) is 9.59 Å². The van der Waals surface area contributed by atoms with Gasteiger partial charge in [0, 0.05) is 13.1 Å². The molecule has 0 aliphatic carbocycles. The lowest BCUT2D eigenvalue weighted by atomic mass is 10.2. The van der Waals surface area contributed by atoms with E-state index in [1.54, 1.807) is 18.2 Å². The number of rotatable bonds is 4. The van der Waals surface area contributed by atoms with Crippen LogP contribution in [0.4, 0.5) is 0 Å². The van der Waals surface area contributed by atoms with Crippen molar-refractivity contribution in [2.24, 2.45) is 0 Å². The average molecular weight is 370 g/mol. The average Bonchev–Trinajstić information content (AvgIpc) is 3.35. The minimum atomic E-state index is -0.352. The highest BCUT2D eigenvalue weighted by Gasteiger charge is 2.26. The van der Waals surface area contributed by atoms with Crippen LogP contribution in [0.5, 0.6) is 0 Å². The first kappa shape index (κ1) is 16.8. The second kappa shape index (κ2) is 6.91. The Hall–Kier alpha value is -2.68. The monoisotopic (exact) mass is 370 g/mol. The molecule has 2 aromatic heterocycles. The molecule has 26 heavy (non-hydrogen) atoms. The van der Waals surface area contributed by atoms with E-state index in [2.05, 4.69) is 20.2 Å². The van der Waals surface area contributed by atoms with Gasteiger partial charge in [0.1, 0.15) is 6.33 Å². The highest BCUT2D eigenvalue weighted by atomic mass is 32.2. The van der Waals surface area contributed by atoms with E-state index in [4.69, 9.17) is 0 Å². The van der Waals surface area contributed by atoms with Crippen molar-refractivity contribution in [1.29, 1.82) is 0 Å². The molecule has 0 unspecified atom stereocenters. The Kier molecular flexibility index (Phi) is 4.46. The maximum Gasteiger partial charge on any atom is 0.269 e. The topological polar surface area (TPSA) is 96.8 Å². The molecule has 3 heterocycles. The third-order valence-electron chi connectivity index (χ3n) is 4.41. The van der Waals surface area contributed by atoms with Crippen LogP contribution in [0.2, 0.25) is 0 Å². The van der Waals surface area contributed by atoms with Gasteiger partial charge in [0.05, 0.1) is 16.2 Å². The number of aromatic nitrogens is 5. The van der Waals surface area contributed by atoms with Crippen LogP contribution in [0, 0.1) is 0 Å². The number of nitrogens with one attached hydrogen (secondary N) is 1. The molecule has 1 N–H and O–H groups in total. The standard InChI is InChI=1S/C17H18N6O2S/c1-11(14(24)22-8-4-5-9-22)26-17-20-13-7-3-2-6-12(13)15(25)23(17)16-18-10-19-21-16/h2-3,6-7,10-11H,4-5,8-9H2,1H3,(H,18,19,21)/t11-/m0/s1. The van der Waals surface area contributed by atoms with Gasteiger partial charge >= 0.3 is 0 Å². The first-order valence-corrected chi connectivity index (χ1v) is 9.36. The number of H-pyrrole nitrogens is 1. The zero-order valence-electron chi connectivity index (χ0n) is 14.3. The van der Waals surface area contributed by atoms with Gasteiger partial charge in [0.2, 0.25) is 11.9 Å². The fourth-order valence-corrected chi connectivity index (χ4v) is 4.08. The number of hydrogen-bond acceptors (Lipinski definition) is 6. The van der Waals surface area contributed by atoms with Crippen LogP contribution in [0.1, 0.15) is 19.8 Å². The molecule has 3 aromatic rings. The smallest absolute Gasteiger partial charge is 0.269 e. The third kappa shape index (κ3) is 2.98. The van der Waals surface area contributed by atoms with Crippen molar-refractivity contribution < 1.29 is 4.79 Å². The molecule has 9 heteroatoms. The summed E-state index contributed by atoms with van der Waals surface area (Å²) in [4.78, 5) is 36.2. The maximum absolute atomic E-state index is 13.0. The Morgan fingerprint density at radius 1 is 1.27 bits per heavy atom. The summed E-state index contributed by atoms with van der Waals surface area (Å²) >= 11 is 1.27. The molecule has 0 saturated carbocycles. The van der Waals surface area contributed by atoms with Gasteiger partial charge in [-0.25, -0.2) is 14.6 Å². The first-order valence-electron chi connectivity index (χ1n) is 8.48. The fourth-order valence-electron chi connectivity index (χ4n) is 3.09. The van der Waals surface area contributed by atoms with Crippen LogP contribution in [-0.2, 0) is 4.79 Å². The Balaban J connectivity index is 1.77. The molecule has 1 amide bonds. The molecule has 0 radical (unpaired) electrons. The number of hydrogen-bond donors (Lipinski definition) is 1. The molecule has 134 valence electrons. The van der Waals surface area contributed by atoms with Gasteiger partial charge in [0.15, 0.2) is 5.16 Å². The van der Waals surface area contributed by atoms with E-state index in [0.29, 0.717) is 16.1 Å². The van der Waals surface area contributed by atoms with Crippen molar-refractivity contribution in [2.75, 3.05) is 13.1 Å². The SMILES string of the molecule is C[C@H](Sc1nc2ccccc2c(=O)n1-c1ncn[nH]1)C(=O)N1CCCC1. The lowest BCUT2D eigenvalue weighted by molar-refractivity contribution is -0.129. The van der Waals surface area contributed by atoms with Crippen LogP contribution in [0.15, 0.2) is 40.5 Å². The number of benzene rings is 1. The lowest BCUT2D eigenvalue weighted by Gasteiger charge is -2.20. The minimum Gasteiger partial charge on any atom is -0.342 e. The fraction of sp³-hybridized carbons (Fsp3) is 0.353. The summed E-state index contributed by atoms with van der Waals surface area (Å²) in [6.45, 7) is 3.44. The Morgan fingerprint density at radius 3 is 2.77 bits per heavy atom. The van der Waals surface area contributed by atoms with E-state index < -0.39 is 0 Å². The van der Waals surface area contributed by atoms with E-state index in [1.165, 1.54) is 22.7 Å². The summed E-state index contributed by atoms with van der Waals surface area (Å²) in [5.41, 5.74) is 0.354. The van der Waals surface area contributed by atoms with Gasteiger partial charge in [-0.3, -0.25) is 9.59 Å². The first-order chi connectivity index (χ1) is 12.6. The summed E-state index contributed by atoms with van der Waals surface area (Å²) in [5.74, 6) is 0.357. The van der Waals surface area contributed by atoms with Crippen molar-refractivity contribution in [3.8, 4) is 5.95 Å². The van der Waals surface area contributed by atoms with Gasteiger partial charge in [-0.2, -0.15) is 10.1 Å². The highest BCUT2D eigenvalue weighted by Crippen LogP contribution is 2.26. The number of fused-ring (bicyclic) bond motifs is 1. The maximum atomic E-state index is 13.0. The second-order valence-electron chi connectivity index (χ2n) is 6.15. The number of para-hydroxylation sites is 1. The summed E-state index contributed by atoms with van der Waals surface area (Å²) in [6, 6.07) is 7.15. The third-order valence-corrected chi connectivity index (χ3v) is 5.45. The van der Waals surface area contributed by atoms with Crippen LogP contribution >= 0.6 is 11.8 Å². The van der Waals surface area contributed by atoms with Crippen LogP contribution in [0.25, 0.3) is 16.9 Å². The van der Waals surface area contributed by atoms with Gasteiger partial charge in [-0.1, -0.05) is 23.9 Å². The summed E-state index contributed by atoms with van der Waals surface area (Å²) < 4.78 is 1.38. The highest BCUT2D eigenvalue weighted by molar-refractivity contribution is 8.00. The summed E-state index contributed by atoms with van der Waals surface area (Å²) in [7, 11) is 0. The normalized spacial score (nSPS) is 15.5. The molecule has 1 fully saturated rings. The predicted octanol–water partition coefficient (Wildman–Crippen LogP) is 1.61. The van der Waals surface area contributed by atoms with Gasteiger partial charge in [-0.15, -0.1) is 0 Å². The van der Waals surface area contributed by atoms with Crippen LogP contribution < -0.4 is 5.56 Å². The largest absolute Gasteiger partial charge is 0.342 e. The number of nitrogens with zero attached hydrogens (tertiary/aromatic N) is 5. The molecular formula is C17H18N6O2S. The summed E-state index contributed by atoms with van der Waals surface area (Å²) in [6.07, 6.45) is 3.42. The molecule has 0 spiro atoms. The molecular weight excluding hydrogens is 352 g/mol. The van der Waals surface area contributed by atoms with E-state index in [-0.39, 0.29) is 22.7 Å². The number of amides is 1. The van der Waals surface area contributed by atoms with E-state index >= 15 is 0 Å². The number of likely N-dealkylation sites (tertiary alicyclic amines) is 1. The van der Waals surface area contributed by atoms with Gasteiger partial charge < -0.3 is 4.90 Å². The molecule has 1 atom stereocenters. The molecule has 1 saturated heterocycles. The van der Waals surface area contributed by atoms with Crippen molar-refractivity contribution in [3.63, 3.8) is 0 Å². The van der Waals surface area contributed by atoms with E-state index in [1.807, 2.05) is 17.9 Å². The van der Waals surface area contributed by atoms with E-state index in [0.717, 1.165) is 25.9 Å². The van der Waals surface area contributed by atoms with Gasteiger partial charge in [-0.05, 0) is 31.9 Å². The Bertz CT molecular complexity index is 994. The molecule has 1 aliphatic rings. The predicted molar refractivity (Wildman–Crippen MR) is 98.4 cm³/mol. The zero-order valence-corrected chi connectivity index (χ0v) is 15.1. The quantitative estimate of drug-likeness (QED) is 0.554. The zero-order chi connectivity index (χ0) is 18.1. The molecule has 0 bridgehead atoms. The van der Waals surface area contributed by atoms with Crippen molar-refractivity contribution in [2.45, 2.75) is 30.2 Å². The van der Waals surface area contributed by atoms with Crippen molar-refractivity contribution >= 4 is 28.6 Å². The van der Waals surface area contributed by atoms with Gasteiger partial charge in [0.25, 0.3) is 5.56 Å². The van der Waals surface area contributed by atoms with Crippen LogP contribution in [0.3, 0.4) is 0 Å². The van der Waals surface area contributed by atoms with Crippen molar-refractivity contribution in [1.82, 2.24) is 29.6 Å². The number of aromatic amines is 1. The Morgan fingerprint density at radius 2 is 2.04 bits per heavy atom.